The number of carbonyl (C=O) groups is 2. The van der Waals surface area contributed by atoms with Crippen LogP contribution in [0.3, 0.4) is 0 Å². The van der Waals surface area contributed by atoms with E-state index in [1.54, 1.807) is 11.0 Å². The lowest BCUT2D eigenvalue weighted by Crippen LogP contribution is -2.46. The molecule has 5 nitrogen and oxygen atoms in total. The Labute approximate surface area is 134 Å². The molecule has 2 aliphatic rings. The van der Waals surface area contributed by atoms with Crippen LogP contribution in [0.15, 0.2) is 30.5 Å². The van der Waals surface area contributed by atoms with Crippen LogP contribution >= 0.6 is 0 Å². The molecule has 1 aliphatic carbocycles. The van der Waals surface area contributed by atoms with E-state index in [0.29, 0.717) is 17.9 Å². The molecule has 0 bridgehead atoms. The second kappa shape index (κ2) is 5.41. The smallest absolute Gasteiger partial charge is 0.326 e. The predicted molar refractivity (Wildman–Crippen MR) is 86.3 cm³/mol. The fraction of sp³-hybridized carbons (Fsp3) is 0.444. The van der Waals surface area contributed by atoms with Gasteiger partial charge in [-0.3, -0.25) is 4.79 Å². The van der Waals surface area contributed by atoms with E-state index < -0.39 is 12.0 Å². The highest BCUT2D eigenvalue weighted by molar-refractivity contribution is 6.00. The number of carboxylic acids is 1. The number of benzene rings is 1. The molecule has 2 aromatic rings. The fourth-order valence-corrected chi connectivity index (χ4v) is 4.30. The first-order valence-corrected chi connectivity index (χ1v) is 8.28. The molecule has 0 unspecified atom stereocenters. The van der Waals surface area contributed by atoms with E-state index in [9.17, 15) is 14.7 Å². The molecule has 4 rings (SSSR count). The molecule has 1 aromatic carbocycles. The van der Waals surface area contributed by atoms with Crippen LogP contribution in [-0.2, 0) is 4.79 Å². The lowest BCUT2D eigenvalue weighted by molar-refractivity contribution is -0.141. The van der Waals surface area contributed by atoms with Crippen molar-refractivity contribution in [1.29, 1.82) is 0 Å². The lowest BCUT2D eigenvalue weighted by atomic mass is 9.84. The van der Waals surface area contributed by atoms with Crippen molar-refractivity contribution in [3.63, 3.8) is 0 Å². The van der Waals surface area contributed by atoms with Gasteiger partial charge in [0.1, 0.15) is 6.04 Å². The van der Waals surface area contributed by atoms with Gasteiger partial charge in [0.15, 0.2) is 0 Å². The second-order valence-electron chi connectivity index (χ2n) is 6.69. The molecule has 23 heavy (non-hydrogen) atoms. The molecule has 120 valence electrons. The van der Waals surface area contributed by atoms with Crippen LogP contribution in [0.1, 0.15) is 42.5 Å². The highest BCUT2D eigenvalue weighted by Gasteiger charge is 2.47. The third-order valence-corrected chi connectivity index (χ3v) is 5.41. The third kappa shape index (κ3) is 2.31. The predicted octanol–water partition coefficient (Wildman–Crippen LogP) is 3.03. The van der Waals surface area contributed by atoms with E-state index in [0.717, 1.165) is 36.6 Å². The van der Waals surface area contributed by atoms with Crippen molar-refractivity contribution in [2.45, 2.75) is 44.2 Å². The van der Waals surface area contributed by atoms with Gasteiger partial charge in [0.05, 0.1) is 0 Å². The van der Waals surface area contributed by atoms with Crippen molar-refractivity contribution in [3.8, 4) is 0 Å². The van der Waals surface area contributed by atoms with Gasteiger partial charge >= 0.3 is 5.97 Å². The molecule has 1 aliphatic heterocycles. The lowest BCUT2D eigenvalue weighted by Gasteiger charge is -2.33. The van der Waals surface area contributed by atoms with Crippen molar-refractivity contribution < 1.29 is 14.7 Å². The Balaban J connectivity index is 1.70. The first kappa shape index (κ1) is 14.3. The van der Waals surface area contributed by atoms with E-state index >= 15 is 0 Å². The Morgan fingerprint density at radius 1 is 1.17 bits per heavy atom. The maximum Gasteiger partial charge on any atom is 0.326 e. The number of hydrogen-bond donors (Lipinski definition) is 2. The van der Waals surface area contributed by atoms with Crippen molar-refractivity contribution in [2.75, 3.05) is 0 Å². The van der Waals surface area contributed by atoms with Gasteiger partial charge in [0.25, 0.3) is 5.91 Å². The second-order valence-corrected chi connectivity index (χ2v) is 6.69. The molecule has 3 atom stereocenters. The summed E-state index contributed by atoms with van der Waals surface area (Å²) in [5.41, 5.74) is 1.47. The van der Waals surface area contributed by atoms with Crippen LogP contribution in [0, 0.1) is 5.92 Å². The minimum Gasteiger partial charge on any atom is -0.480 e. The van der Waals surface area contributed by atoms with Gasteiger partial charge in [0, 0.05) is 23.3 Å². The summed E-state index contributed by atoms with van der Waals surface area (Å²) in [4.78, 5) is 29.5. The van der Waals surface area contributed by atoms with Crippen molar-refractivity contribution in [1.82, 2.24) is 9.88 Å². The number of likely N-dealkylation sites (tertiary alicyclic amines) is 1. The van der Waals surface area contributed by atoms with E-state index in [1.165, 1.54) is 0 Å². The van der Waals surface area contributed by atoms with E-state index in [4.69, 9.17) is 0 Å². The van der Waals surface area contributed by atoms with Crippen LogP contribution < -0.4 is 0 Å². The summed E-state index contributed by atoms with van der Waals surface area (Å²) in [6.45, 7) is 0. The maximum atomic E-state index is 13.0. The molecule has 2 N–H and O–H groups in total. The Morgan fingerprint density at radius 3 is 2.83 bits per heavy atom. The van der Waals surface area contributed by atoms with Gasteiger partial charge in [-0.05, 0) is 48.8 Å². The topological polar surface area (TPSA) is 73.4 Å². The number of hydrogen-bond acceptors (Lipinski definition) is 2. The largest absolute Gasteiger partial charge is 0.480 e. The first-order valence-electron chi connectivity index (χ1n) is 8.28. The summed E-state index contributed by atoms with van der Waals surface area (Å²) in [5.74, 6) is -0.694. The fourth-order valence-electron chi connectivity index (χ4n) is 4.30. The summed E-state index contributed by atoms with van der Waals surface area (Å²) in [6, 6.07) is 6.88. The Hall–Kier alpha value is -2.30. The zero-order chi connectivity index (χ0) is 16.0. The number of carboxylic acid groups (broad SMARTS) is 1. The molecule has 0 spiro atoms. The van der Waals surface area contributed by atoms with Gasteiger partial charge in [0.2, 0.25) is 0 Å². The average molecular weight is 312 g/mol. The summed E-state index contributed by atoms with van der Waals surface area (Å²) >= 11 is 0. The monoisotopic (exact) mass is 312 g/mol. The van der Waals surface area contributed by atoms with Crippen molar-refractivity contribution >= 4 is 22.8 Å². The normalized spacial score (nSPS) is 27.1. The van der Waals surface area contributed by atoms with Crippen molar-refractivity contribution in [3.05, 3.63) is 36.0 Å². The quantitative estimate of drug-likeness (QED) is 0.895. The number of amides is 1. The van der Waals surface area contributed by atoms with Gasteiger partial charge in [-0.25, -0.2) is 4.79 Å². The van der Waals surface area contributed by atoms with E-state index in [2.05, 4.69) is 4.98 Å². The molecule has 1 amide bonds. The van der Waals surface area contributed by atoms with Gasteiger partial charge in [-0.2, -0.15) is 0 Å². The molecular formula is C18H20N2O3. The number of nitrogens with one attached hydrogen (secondary N) is 1. The van der Waals surface area contributed by atoms with Crippen molar-refractivity contribution in [2.24, 2.45) is 5.92 Å². The molecule has 0 radical (unpaired) electrons. The third-order valence-electron chi connectivity index (χ3n) is 5.41. The Bertz CT molecular complexity index is 766. The number of nitrogens with zero attached hydrogens (tertiary/aromatic N) is 1. The summed E-state index contributed by atoms with van der Waals surface area (Å²) in [5, 5.41) is 10.6. The number of carbonyl (C=O) groups excluding carboxylic acids is 1. The van der Waals surface area contributed by atoms with E-state index in [1.807, 2.05) is 24.4 Å². The molecule has 2 heterocycles. The summed E-state index contributed by atoms with van der Waals surface area (Å²) in [7, 11) is 0. The molecular weight excluding hydrogens is 292 g/mol. The average Bonchev–Trinajstić information content (AvgIpc) is 3.17. The molecule has 2 fully saturated rings. The van der Waals surface area contributed by atoms with Gasteiger partial charge < -0.3 is 15.0 Å². The zero-order valence-electron chi connectivity index (χ0n) is 12.9. The molecule has 1 aromatic heterocycles. The Kier molecular flexibility index (Phi) is 3.36. The van der Waals surface area contributed by atoms with E-state index in [-0.39, 0.29) is 11.9 Å². The number of fused-ring (bicyclic) bond motifs is 2. The highest BCUT2D eigenvalue weighted by atomic mass is 16.4. The number of rotatable bonds is 2. The minimum atomic E-state index is -0.881. The number of aliphatic carboxylic acids is 1. The van der Waals surface area contributed by atoms with Gasteiger partial charge in [-0.1, -0.05) is 18.9 Å². The number of aromatic nitrogens is 1. The molecule has 5 heteroatoms. The highest BCUT2D eigenvalue weighted by Crippen LogP contribution is 2.40. The first-order chi connectivity index (χ1) is 11.1. The molecule has 1 saturated heterocycles. The van der Waals surface area contributed by atoms with Crippen LogP contribution in [0.4, 0.5) is 0 Å². The Morgan fingerprint density at radius 2 is 2.00 bits per heavy atom. The van der Waals surface area contributed by atoms with Crippen LogP contribution in [0.25, 0.3) is 10.9 Å². The van der Waals surface area contributed by atoms with Gasteiger partial charge in [-0.15, -0.1) is 0 Å². The zero-order valence-corrected chi connectivity index (χ0v) is 12.9. The van der Waals surface area contributed by atoms with Crippen LogP contribution in [0.2, 0.25) is 0 Å². The number of H-pyrrole nitrogens is 1. The maximum absolute atomic E-state index is 13.0. The molecule has 1 saturated carbocycles. The minimum absolute atomic E-state index is 0.0803. The SMILES string of the molecule is O=C(O)[C@@H]1C[C@@H]2CCCC[C@H]2N1C(=O)c1ccc2cc[nH]c2c1. The number of aromatic amines is 1. The van der Waals surface area contributed by atoms with Crippen LogP contribution in [0.5, 0.6) is 0 Å². The van der Waals surface area contributed by atoms with Crippen LogP contribution in [-0.4, -0.2) is 39.0 Å². The standard InChI is InChI=1S/C18H20N2O3/c21-17(13-6-5-11-7-8-19-14(11)9-13)20-15-4-2-1-3-12(15)10-16(20)18(22)23/h5-9,12,15-16,19H,1-4,10H2,(H,22,23)/t12-,15+,16-/m0/s1. The summed E-state index contributed by atoms with van der Waals surface area (Å²) < 4.78 is 0. The summed E-state index contributed by atoms with van der Waals surface area (Å²) in [6.07, 6.45) is 6.61.